The molecule has 1 aliphatic rings. The molecule has 3 rings (SSSR count). The van der Waals surface area contributed by atoms with Crippen LogP contribution in [0.4, 0.5) is 4.39 Å². The minimum absolute atomic E-state index is 0.0303. The summed E-state index contributed by atoms with van der Waals surface area (Å²) in [6, 6.07) is 10.8. The summed E-state index contributed by atoms with van der Waals surface area (Å²) in [5.74, 6) is -3.37. The first kappa shape index (κ1) is 16.0. The van der Waals surface area contributed by atoms with E-state index in [1.54, 1.807) is 0 Å². The average molecular weight is 355 g/mol. The summed E-state index contributed by atoms with van der Waals surface area (Å²) in [7, 11) is -3.82. The number of benzene rings is 2. The first-order valence-corrected chi connectivity index (χ1v) is 8.72. The lowest BCUT2D eigenvalue weighted by molar-refractivity contribution is -0.138. The number of carboxylic acid groups (broad SMARTS) is 1. The number of hydrogen-bond donors (Lipinski definition) is 1. The van der Waals surface area contributed by atoms with Gasteiger partial charge in [-0.1, -0.05) is 23.7 Å². The molecular weight excluding hydrogens is 343 g/mol. The van der Waals surface area contributed by atoms with Crippen molar-refractivity contribution in [3.63, 3.8) is 0 Å². The summed E-state index contributed by atoms with van der Waals surface area (Å²) in [5.41, 5.74) is 0.501. The number of aliphatic carboxylic acids is 1. The second-order valence-electron chi connectivity index (χ2n) is 5.40. The van der Waals surface area contributed by atoms with Gasteiger partial charge in [-0.05, 0) is 42.0 Å². The third kappa shape index (κ3) is 2.84. The third-order valence-electron chi connectivity index (χ3n) is 3.99. The zero-order valence-electron chi connectivity index (χ0n) is 11.7. The molecule has 0 aliphatic heterocycles. The van der Waals surface area contributed by atoms with Crippen molar-refractivity contribution in [1.82, 2.24) is 0 Å². The fraction of sp³-hybridized carbons (Fsp3) is 0.188. The Morgan fingerprint density at radius 1 is 1.04 bits per heavy atom. The molecule has 0 bridgehead atoms. The van der Waals surface area contributed by atoms with Crippen LogP contribution in [0.3, 0.4) is 0 Å². The minimum Gasteiger partial charge on any atom is -0.481 e. The Labute approximate surface area is 137 Å². The highest BCUT2D eigenvalue weighted by atomic mass is 35.5. The second-order valence-corrected chi connectivity index (χ2v) is 7.95. The number of carboxylic acids is 1. The van der Waals surface area contributed by atoms with Crippen molar-refractivity contribution in [2.45, 2.75) is 16.1 Å². The molecule has 0 heterocycles. The van der Waals surface area contributed by atoms with Gasteiger partial charge in [0.25, 0.3) is 0 Å². The Morgan fingerprint density at radius 3 is 2.13 bits per heavy atom. The van der Waals surface area contributed by atoms with Gasteiger partial charge in [0.2, 0.25) is 0 Å². The van der Waals surface area contributed by atoms with Gasteiger partial charge in [0, 0.05) is 10.9 Å². The molecule has 0 radical (unpaired) electrons. The first-order valence-electron chi connectivity index (χ1n) is 6.80. The first-order chi connectivity index (χ1) is 10.8. The molecule has 0 aromatic heterocycles. The largest absolute Gasteiger partial charge is 0.481 e. The molecule has 1 aliphatic carbocycles. The maximum Gasteiger partial charge on any atom is 0.308 e. The molecule has 7 heteroatoms. The van der Waals surface area contributed by atoms with Gasteiger partial charge in [-0.3, -0.25) is 4.79 Å². The quantitative estimate of drug-likeness (QED) is 0.915. The highest BCUT2D eigenvalue weighted by Crippen LogP contribution is 2.54. The summed E-state index contributed by atoms with van der Waals surface area (Å²) >= 11 is 5.75. The predicted octanol–water partition coefficient (Wildman–Crippen LogP) is 3.12. The van der Waals surface area contributed by atoms with E-state index in [4.69, 9.17) is 11.6 Å². The van der Waals surface area contributed by atoms with Crippen LogP contribution in [0.1, 0.15) is 11.5 Å². The number of sulfone groups is 1. The van der Waals surface area contributed by atoms with Crippen LogP contribution >= 0.6 is 11.6 Å². The molecule has 0 amide bonds. The molecule has 1 saturated carbocycles. The van der Waals surface area contributed by atoms with Crippen molar-refractivity contribution in [2.24, 2.45) is 5.92 Å². The normalized spacial score (nSPS) is 23.5. The molecule has 3 atom stereocenters. The van der Waals surface area contributed by atoms with E-state index < -0.39 is 38.7 Å². The van der Waals surface area contributed by atoms with Crippen molar-refractivity contribution in [1.29, 1.82) is 0 Å². The number of carbonyl (C=O) groups is 1. The van der Waals surface area contributed by atoms with E-state index >= 15 is 0 Å². The minimum atomic E-state index is -3.82. The predicted molar refractivity (Wildman–Crippen MR) is 82.7 cm³/mol. The van der Waals surface area contributed by atoms with Crippen LogP contribution in [0.25, 0.3) is 0 Å². The molecule has 0 unspecified atom stereocenters. The summed E-state index contributed by atoms with van der Waals surface area (Å²) in [5, 5.41) is 8.63. The van der Waals surface area contributed by atoms with Gasteiger partial charge in [0.1, 0.15) is 5.82 Å². The SMILES string of the molecule is O=C(O)[C@@H]1[C@@H](c2ccc(F)cc2)[C@H]1S(=O)(=O)c1ccc(Cl)cc1. The van der Waals surface area contributed by atoms with E-state index in [0.29, 0.717) is 10.6 Å². The highest BCUT2D eigenvalue weighted by molar-refractivity contribution is 7.92. The summed E-state index contributed by atoms with van der Waals surface area (Å²) in [6.07, 6.45) is 0. The van der Waals surface area contributed by atoms with Crippen molar-refractivity contribution < 1.29 is 22.7 Å². The molecule has 0 saturated heterocycles. The number of halogens is 2. The highest BCUT2D eigenvalue weighted by Gasteiger charge is 2.63. The Hall–Kier alpha value is -1.92. The Morgan fingerprint density at radius 2 is 1.61 bits per heavy atom. The smallest absolute Gasteiger partial charge is 0.308 e. The molecule has 120 valence electrons. The second kappa shape index (κ2) is 5.62. The Kier molecular flexibility index (Phi) is 3.90. The topological polar surface area (TPSA) is 71.4 Å². The molecule has 1 fully saturated rings. The third-order valence-corrected chi connectivity index (χ3v) is 6.48. The van der Waals surface area contributed by atoms with Gasteiger partial charge in [-0.2, -0.15) is 0 Å². The van der Waals surface area contributed by atoms with Crippen LogP contribution < -0.4 is 0 Å². The average Bonchev–Trinajstić information content (AvgIpc) is 3.25. The maximum absolute atomic E-state index is 13.0. The van der Waals surface area contributed by atoms with E-state index in [9.17, 15) is 22.7 Å². The van der Waals surface area contributed by atoms with Crippen LogP contribution in [0.5, 0.6) is 0 Å². The molecule has 23 heavy (non-hydrogen) atoms. The Balaban J connectivity index is 1.98. The monoisotopic (exact) mass is 354 g/mol. The van der Waals surface area contributed by atoms with E-state index in [2.05, 4.69) is 0 Å². The lowest BCUT2D eigenvalue weighted by Crippen LogP contribution is -2.13. The lowest BCUT2D eigenvalue weighted by Gasteiger charge is -2.04. The van der Waals surface area contributed by atoms with Crippen molar-refractivity contribution in [3.05, 3.63) is 64.9 Å². The number of rotatable bonds is 4. The molecule has 4 nitrogen and oxygen atoms in total. The number of hydrogen-bond acceptors (Lipinski definition) is 3. The molecule has 2 aromatic carbocycles. The molecular formula is C16H12ClFO4S. The van der Waals surface area contributed by atoms with Gasteiger partial charge in [0.05, 0.1) is 16.1 Å². The van der Waals surface area contributed by atoms with Crippen molar-refractivity contribution in [3.8, 4) is 0 Å². The van der Waals surface area contributed by atoms with Gasteiger partial charge in [-0.15, -0.1) is 0 Å². The van der Waals surface area contributed by atoms with Gasteiger partial charge in [-0.25, -0.2) is 12.8 Å². The van der Waals surface area contributed by atoms with E-state index in [0.717, 1.165) is 0 Å². The van der Waals surface area contributed by atoms with E-state index in [1.165, 1.54) is 48.5 Å². The zero-order valence-corrected chi connectivity index (χ0v) is 13.3. The van der Waals surface area contributed by atoms with Crippen molar-refractivity contribution >= 4 is 27.4 Å². The van der Waals surface area contributed by atoms with E-state index in [-0.39, 0.29) is 4.90 Å². The summed E-state index contributed by atoms with van der Waals surface area (Å²) in [4.78, 5) is 11.4. The maximum atomic E-state index is 13.0. The summed E-state index contributed by atoms with van der Waals surface area (Å²) in [6.45, 7) is 0. The zero-order chi connectivity index (χ0) is 16.8. The Bertz CT molecular complexity index is 847. The van der Waals surface area contributed by atoms with Gasteiger partial charge in [0.15, 0.2) is 9.84 Å². The van der Waals surface area contributed by atoms with Crippen LogP contribution in [0.2, 0.25) is 5.02 Å². The van der Waals surface area contributed by atoms with Gasteiger partial charge >= 0.3 is 5.97 Å². The molecule has 2 aromatic rings. The standard InChI is InChI=1S/C16H12ClFO4S/c17-10-3-7-12(8-4-10)23(21,22)15-13(14(15)16(19)20)9-1-5-11(18)6-2-9/h1-8,13-15H,(H,19,20)/t13-,14-,15-/m1/s1. The molecule has 1 N–H and O–H groups in total. The van der Waals surface area contributed by atoms with Gasteiger partial charge < -0.3 is 5.11 Å². The van der Waals surface area contributed by atoms with E-state index in [1.807, 2.05) is 0 Å². The molecule has 0 spiro atoms. The van der Waals surface area contributed by atoms with Crippen LogP contribution in [-0.2, 0) is 14.6 Å². The fourth-order valence-electron chi connectivity index (χ4n) is 2.83. The fourth-order valence-corrected chi connectivity index (χ4v) is 5.08. The lowest BCUT2D eigenvalue weighted by atomic mass is 10.1. The van der Waals surface area contributed by atoms with Crippen LogP contribution in [0.15, 0.2) is 53.4 Å². The van der Waals surface area contributed by atoms with Crippen LogP contribution in [0, 0.1) is 11.7 Å². The summed E-state index contributed by atoms with van der Waals surface area (Å²) < 4.78 is 38.4. The van der Waals surface area contributed by atoms with Crippen molar-refractivity contribution in [2.75, 3.05) is 0 Å². The van der Waals surface area contributed by atoms with Crippen LogP contribution in [-0.4, -0.2) is 24.7 Å².